The minimum atomic E-state index is -0.439. The Balaban J connectivity index is 1.20. The van der Waals surface area contributed by atoms with Gasteiger partial charge >= 0.3 is 0 Å². The van der Waals surface area contributed by atoms with Gasteiger partial charge in [0.05, 0.1) is 25.3 Å². The summed E-state index contributed by atoms with van der Waals surface area (Å²) in [4.78, 5) is 48.0. The quantitative estimate of drug-likeness (QED) is 0.405. The molecule has 0 aliphatic carbocycles. The Kier molecular flexibility index (Phi) is 6.29. The minimum absolute atomic E-state index is 0.0553. The number of carbonyl (C=O) groups excluding carboxylic acids is 3. The largest absolute Gasteiger partial charge is 0.497 e. The van der Waals surface area contributed by atoms with Crippen molar-refractivity contribution in [2.24, 2.45) is 0 Å². The van der Waals surface area contributed by atoms with E-state index in [-0.39, 0.29) is 24.0 Å². The van der Waals surface area contributed by atoms with E-state index in [1.165, 1.54) is 4.90 Å². The molecule has 3 heterocycles. The summed E-state index contributed by atoms with van der Waals surface area (Å²) in [6, 6.07) is 17.6. The number of anilines is 2. The lowest BCUT2D eigenvalue weighted by Crippen LogP contribution is -2.52. The number of rotatable bonds is 6. The fourth-order valence-electron chi connectivity index (χ4n) is 4.68. The standard InChI is InChI=1S/C27H26N4O4/c1-35-23-10-8-22(9-11-23)31-25(32)17-24(27(31)34)30-15-13-29(14-16-30)21-6-4-19(5-7-21)26(33)20-3-2-12-28-18-20/h2-12,18,24H,13-17H2,1H3/t24-/m1/s1. The lowest BCUT2D eigenvalue weighted by atomic mass is 10.0. The van der Waals surface area contributed by atoms with Gasteiger partial charge in [-0.2, -0.15) is 0 Å². The molecule has 8 nitrogen and oxygen atoms in total. The Labute approximate surface area is 203 Å². The summed E-state index contributed by atoms with van der Waals surface area (Å²) in [5.41, 5.74) is 2.78. The van der Waals surface area contributed by atoms with Crippen molar-refractivity contribution in [3.8, 4) is 5.75 Å². The van der Waals surface area contributed by atoms with E-state index in [1.807, 2.05) is 24.3 Å². The number of pyridine rings is 1. The lowest BCUT2D eigenvalue weighted by Gasteiger charge is -2.38. The van der Waals surface area contributed by atoms with Gasteiger partial charge in [0.15, 0.2) is 5.78 Å². The molecule has 2 aliphatic heterocycles. The van der Waals surface area contributed by atoms with E-state index in [0.717, 1.165) is 18.8 Å². The summed E-state index contributed by atoms with van der Waals surface area (Å²) >= 11 is 0. The number of piperazine rings is 1. The van der Waals surface area contributed by atoms with Crippen LogP contribution in [0.2, 0.25) is 0 Å². The fourth-order valence-corrected chi connectivity index (χ4v) is 4.68. The molecule has 0 N–H and O–H groups in total. The molecule has 1 aromatic heterocycles. The first-order valence-electron chi connectivity index (χ1n) is 11.6. The van der Waals surface area contributed by atoms with Crippen LogP contribution >= 0.6 is 0 Å². The van der Waals surface area contributed by atoms with Gasteiger partial charge in [-0.3, -0.25) is 24.3 Å². The normalized spacial score (nSPS) is 18.7. The summed E-state index contributed by atoms with van der Waals surface area (Å²) in [5.74, 6) is 0.267. The predicted octanol–water partition coefficient (Wildman–Crippen LogP) is 2.78. The Hall–Kier alpha value is -4.04. The molecule has 2 aromatic carbocycles. The van der Waals surface area contributed by atoms with E-state index < -0.39 is 6.04 Å². The number of benzene rings is 2. The molecular formula is C27H26N4O4. The molecule has 5 rings (SSSR count). The fraction of sp³-hybridized carbons (Fsp3) is 0.259. The molecular weight excluding hydrogens is 444 g/mol. The minimum Gasteiger partial charge on any atom is -0.497 e. The first kappa shape index (κ1) is 22.7. The zero-order valence-electron chi connectivity index (χ0n) is 19.5. The van der Waals surface area contributed by atoms with E-state index in [4.69, 9.17) is 4.74 Å². The highest BCUT2D eigenvalue weighted by Gasteiger charge is 2.43. The van der Waals surface area contributed by atoms with Crippen LogP contribution in [0.5, 0.6) is 5.75 Å². The monoisotopic (exact) mass is 470 g/mol. The number of ketones is 1. The maximum atomic E-state index is 13.1. The molecule has 0 unspecified atom stereocenters. The second kappa shape index (κ2) is 9.68. The van der Waals surface area contributed by atoms with Crippen LogP contribution in [0.3, 0.4) is 0 Å². The Morgan fingerprint density at radius 3 is 2.20 bits per heavy atom. The highest BCUT2D eigenvalue weighted by Crippen LogP contribution is 2.28. The molecule has 0 spiro atoms. The summed E-state index contributed by atoms with van der Waals surface area (Å²) in [7, 11) is 1.58. The third kappa shape index (κ3) is 4.52. The molecule has 2 amide bonds. The molecule has 0 saturated carbocycles. The van der Waals surface area contributed by atoms with Crippen molar-refractivity contribution in [3.63, 3.8) is 0 Å². The number of aromatic nitrogens is 1. The molecule has 2 fully saturated rings. The van der Waals surface area contributed by atoms with Crippen LogP contribution < -0.4 is 14.5 Å². The zero-order valence-corrected chi connectivity index (χ0v) is 19.5. The van der Waals surface area contributed by atoms with Crippen molar-refractivity contribution in [1.82, 2.24) is 9.88 Å². The number of methoxy groups -OCH3 is 1. The summed E-state index contributed by atoms with van der Waals surface area (Å²) < 4.78 is 5.17. The lowest BCUT2D eigenvalue weighted by molar-refractivity contribution is -0.123. The van der Waals surface area contributed by atoms with Gasteiger partial charge in [0.1, 0.15) is 5.75 Å². The van der Waals surface area contributed by atoms with Crippen LogP contribution in [0.15, 0.2) is 73.1 Å². The van der Waals surface area contributed by atoms with Crippen molar-refractivity contribution in [2.45, 2.75) is 12.5 Å². The number of carbonyl (C=O) groups is 3. The van der Waals surface area contributed by atoms with E-state index in [2.05, 4.69) is 14.8 Å². The molecule has 0 radical (unpaired) electrons. The molecule has 35 heavy (non-hydrogen) atoms. The number of hydrogen-bond acceptors (Lipinski definition) is 7. The smallest absolute Gasteiger partial charge is 0.251 e. The third-order valence-corrected chi connectivity index (χ3v) is 6.63. The van der Waals surface area contributed by atoms with Crippen LogP contribution in [0.25, 0.3) is 0 Å². The zero-order chi connectivity index (χ0) is 24.4. The molecule has 8 heteroatoms. The maximum absolute atomic E-state index is 13.1. The number of ether oxygens (including phenoxy) is 1. The Morgan fingerprint density at radius 1 is 0.886 bits per heavy atom. The van der Waals surface area contributed by atoms with E-state index >= 15 is 0 Å². The van der Waals surface area contributed by atoms with Crippen molar-refractivity contribution in [2.75, 3.05) is 43.1 Å². The van der Waals surface area contributed by atoms with Crippen LogP contribution in [0, 0.1) is 0 Å². The Morgan fingerprint density at radius 2 is 1.57 bits per heavy atom. The van der Waals surface area contributed by atoms with Crippen molar-refractivity contribution >= 4 is 29.0 Å². The van der Waals surface area contributed by atoms with Crippen LogP contribution in [0.1, 0.15) is 22.3 Å². The first-order valence-corrected chi connectivity index (χ1v) is 11.6. The third-order valence-electron chi connectivity index (χ3n) is 6.63. The maximum Gasteiger partial charge on any atom is 0.251 e. The van der Waals surface area contributed by atoms with E-state index in [9.17, 15) is 14.4 Å². The highest BCUT2D eigenvalue weighted by molar-refractivity contribution is 6.22. The number of nitrogens with zero attached hydrogens (tertiary/aromatic N) is 4. The first-order chi connectivity index (χ1) is 17.0. The van der Waals surface area contributed by atoms with Crippen LogP contribution in [0.4, 0.5) is 11.4 Å². The van der Waals surface area contributed by atoms with Gasteiger partial charge in [-0.25, -0.2) is 4.90 Å². The molecule has 178 valence electrons. The number of imide groups is 1. The second-order valence-corrected chi connectivity index (χ2v) is 8.63. The van der Waals surface area contributed by atoms with Crippen molar-refractivity contribution < 1.29 is 19.1 Å². The van der Waals surface area contributed by atoms with Crippen molar-refractivity contribution in [3.05, 3.63) is 84.2 Å². The average Bonchev–Trinajstić information content (AvgIpc) is 3.22. The van der Waals surface area contributed by atoms with E-state index in [0.29, 0.717) is 35.7 Å². The predicted molar refractivity (Wildman–Crippen MR) is 132 cm³/mol. The summed E-state index contributed by atoms with van der Waals surface area (Å²) in [5, 5.41) is 0. The molecule has 3 aromatic rings. The Bertz CT molecular complexity index is 1220. The van der Waals surface area contributed by atoms with Gasteiger partial charge in [-0.15, -0.1) is 0 Å². The van der Waals surface area contributed by atoms with Crippen LogP contribution in [-0.4, -0.2) is 66.8 Å². The van der Waals surface area contributed by atoms with Crippen LogP contribution in [-0.2, 0) is 9.59 Å². The van der Waals surface area contributed by atoms with Gasteiger partial charge in [-0.1, -0.05) is 0 Å². The van der Waals surface area contributed by atoms with Gasteiger partial charge in [0.2, 0.25) is 5.91 Å². The second-order valence-electron chi connectivity index (χ2n) is 8.63. The number of amides is 2. The molecule has 0 bridgehead atoms. The van der Waals surface area contributed by atoms with Gasteiger partial charge in [0, 0.05) is 55.4 Å². The van der Waals surface area contributed by atoms with Gasteiger partial charge in [-0.05, 0) is 60.7 Å². The van der Waals surface area contributed by atoms with Crippen molar-refractivity contribution in [1.29, 1.82) is 0 Å². The van der Waals surface area contributed by atoms with E-state index in [1.54, 1.807) is 55.9 Å². The topological polar surface area (TPSA) is 83.1 Å². The summed E-state index contributed by atoms with van der Waals surface area (Å²) in [6.45, 7) is 2.82. The van der Waals surface area contributed by atoms with Gasteiger partial charge in [0.25, 0.3) is 5.91 Å². The number of hydrogen-bond donors (Lipinski definition) is 0. The molecule has 1 atom stereocenters. The SMILES string of the molecule is COc1ccc(N2C(=O)C[C@@H](N3CCN(c4ccc(C(=O)c5cccnc5)cc4)CC3)C2=O)cc1. The molecule has 2 aliphatic rings. The summed E-state index contributed by atoms with van der Waals surface area (Å²) in [6.07, 6.45) is 3.40. The average molecular weight is 471 g/mol. The molecule has 2 saturated heterocycles. The van der Waals surface area contributed by atoms with Gasteiger partial charge < -0.3 is 9.64 Å². The highest BCUT2D eigenvalue weighted by atomic mass is 16.5.